The van der Waals surface area contributed by atoms with Crippen LogP contribution in [0.2, 0.25) is 0 Å². The first-order valence-corrected chi connectivity index (χ1v) is 7.47. The monoisotopic (exact) mass is 259 g/mol. The topological polar surface area (TPSA) is 29.1 Å². The molecular weight excluding hydrogens is 234 g/mol. The summed E-state index contributed by atoms with van der Waals surface area (Å²) in [5, 5.41) is 3.33. The molecule has 1 unspecified atom stereocenters. The smallest absolute Gasteiger partial charge is 0.179 e. The van der Waals surface area contributed by atoms with Crippen molar-refractivity contribution >= 4 is 5.78 Å². The number of benzene rings is 1. The maximum Gasteiger partial charge on any atom is 0.179 e. The Morgan fingerprint density at radius 1 is 1.21 bits per heavy atom. The fraction of sp³-hybridized carbons (Fsp3) is 0.588. The lowest BCUT2D eigenvalue weighted by Crippen LogP contribution is -2.35. The summed E-state index contributed by atoms with van der Waals surface area (Å²) in [4.78, 5) is 12.4. The second-order valence-electron chi connectivity index (χ2n) is 6.06. The van der Waals surface area contributed by atoms with Gasteiger partial charge in [-0.1, -0.05) is 26.0 Å². The van der Waals surface area contributed by atoms with Crippen molar-refractivity contribution in [2.75, 3.05) is 6.54 Å². The van der Waals surface area contributed by atoms with E-state index in [4.69, 9.17) is 0 Å². The lowest BCUT2D eigenvalue weighted by molar-refractivity contribution is 0.0950. The molecule has 1 aromatic carbocycles. The van der Waals surface area contributed by atoms with Gasteiger partial charge in [0, 0.05) is 5.56 Å². The van der Waals surface area contributed by atoms with Crippen molar-refractivity contribution in [1.82, 2.24) is 5.32 Å². The summed E-state index contributed by atoms with van der Waals surface area (Å²) in [5.74, 6) is 0.897. The predicted molar refractivity (Wildman–Crippen MR) is 79.7 cm³/mol. The maximum atomic E-state index is 12.4. The zero-order valence-corrected chi connectivity index (χ0v) is 12.3. The van der Waals surface area contributed by atoms with E-state index in [1.165, 1.54) is 24.0 Å². The molecule has 0 saturated heterocycles. The van der Waals surface area contributed by atoms with Crippen LogP contribution in [0, 0.1) is 5.92 Å². The standard InChI is InChI=1S/C17H25NO/c1-12(2)9-10-18-13(3)17(19)16-8-7-14-5-4-6-15(14)11-16/h7-8,11-13,18H,4-6,9-10H2,1-3H3. The van der Waals surface area contributed by atoms with Crippen LogP contribution in [0.3, 0.4) is 0 Å². The third-order valence-electron chi connectivity index (χ3n) is 3.95. The fourth-order valence-corrected chi connectivity index (χ4v) is 2.66. The van der Waals surface area contributed by atoms with E-state index in [1.54, 1.807) is 0 Å². The Balaban J connectivity index is 1.95. The summed E-state index contributed by atoms with van der Waals surface area (Å²) in [6, 6.07) is 6.15. The van der Waals surface area contributed by atoms with E-state index in [2.05, 4.69) is 31.3 Å². The van der Waals surface area contributed by atoms with Crippen LogP contribution in [-0.4, -0.2) is 18.4 Å². The molecule has 1 N–H and O–H groups in total. The quantitative estimate of drug-likeness (QED) is 0.793. The summed E-state index contributed by atoms with van der Waals surface area (Å²) in [6.45, 7) is 7.29. The van der Waals surface area contributed by atoms with Crippen LogP contribution in [-0.2, 0) is 12.8 Å². The number of hydrogen-bond acceptors (Lipinski definition) is 2. The third-order valence-corrected chi connectivity index (χ3v) is 3.95. The second kappa shape index (κ2) is 6.33. The number of ketones is 1. The van der Waals surface area contributed by atoms with E-state index in [-0.39, 0.29) is 11.8 Å². The second-order valence-corrected chi connectivity index (χ2v) is 6.06. The minimum atomic E-state index is -0.0850. The molecule has 2 nitrogen and oxygen atoms in total. The molecule has 0 saturated carbocycles. The van der Waals surface area contributed by atoms with Gasteiger partial charge < -0.3 is 5.32 Å². The van der Waals surface area contributed by atoms with Gasteiger partial charge in [-0.25, -0.2) is 0 Å². The van der Waals surface area contributed by atoms with Gasteiger partial charge in [0.2, 0.25) is 0 Å². The molecule has 104 valence electrons. The third kappa shape index (κ3) is 3.66. The molecular formula is C17H25NO. The van der Waals surface area contributed by atoms with Gasteiger partial charge >= 0.3 is 0 Å². The fourth-order valence-electron chi connectivity index (χ4n) is 2.66. The Kier molecular flexibility index (Phi) is 4.76. The summed E-state index contributed by atoms with van der Waals surface area (Å²) < 4.78 is 0. The van der Waals surface area contributed by atoms with Crippen LogP contribution in [0.1, 0.15) is 55.1 Å². The summed E-state index contributed by atoms with van der Waals surface area (Å²) in [6.07, 6.45) is 4.65. The number of aryl methyl sites for hydroxylation is 2. The van der Waals surface area contributed by atoms with Crippen molar-refractivity contribution < 1.29 is 4.79 Å². The average Bonchev–Trinajstić information content (AvgIpc) is 2.84. The normalized spacial score (nSPS) is 15.6. The number of fused-ring (bicyclic) bond motifs is 1. The van der Waals surface area contributed by atoms with Crippen LogP contribution in [0.25, 0.3) is 0 Å². The molecule has 2 rings (SSSR count). The Bertz CT molecular complexity index is 451. The zero-order valence-electron chi connectivity index (χ0n) is 12.3. The van der Waals surface area contributed by atoms with Gasteiger partial charge in [0.25, 0.3) is 0 Å². The highest BCUT2D eigenvalue weighted by Gasteiger charge is 2.17. The first kappa shape index (κ1) is 14.3. The molecule has 0 amide bonds. The van der Waals surface area contributed by atoms with Gasteiger partial charge in [0.15, 0.2) is 5.78 Å². The van der Waals surface area contributed by atoms with Crippen molar-refractivity contribution in [3.63, 3.8) is 0 Å². The molecule has 19 heavy (non-hydrogen) atoms. The molecule has 1 aliphatic rings. The molecule has 1 atom stereocenters. The number of nitrogens with one attached hydrogen (secondary N) is 1. The predicted octanol–water partition coefficient (Wildman–Crippen LogP) is 3.38. The van der Waals surface area contributed by atoms with E-state index in [0.717, 1.165) is 24.9 Å². The Morgan fingerprint density at radius 2 is 1.95 bits per heavy atom. The molecule has 1 aromatic rings. The zero-order chi connectivity index (χ0) is 13.8. The highest BCUT2D eigenvalue weighted by molar-refractivity contribution is 6.00. The van der Waals surface area contributed by atoms with Crippen LogP contribution in [0.15, 0.2) is 18.2 Å². The molecule has 2 heteroatoms. The Labute approximate surface area is 116 Å². The van der Waals surface area contributed by atoms with Gasteiger partial charge in [-0.15, -0.1) is 0 Å². The number of Topliss-reactive ketones (excluding diaryl/α,β-unsaturated/α-hetero) is 1. The molecule has 1 aliphatic carbocycles. The van der Waals surface area contributed by atoms with Crippen LogP contribution in [0.4, 0.5) is 0 Å². The highest BCUT2D eigenvalue weighted by Crippen LogP contribution is 2.23. The molecule has 0 heterocycles. The number of carbonyl (C=O) groups is 1. The van der Waals surface area contributed by atoms with Crippen molar-refractivity contribution in [2.24, 2.45) is 5.92 Å². The number of carbonyl (C=O) groups excluding carboxylic acids is 1. The molecule has 0 spiro atoms. The van der Waals surface area contributed by atoms with Crippen molar-refractivity contribution in [1.29, 1.82) is 0 Å². The van der Waals surface area contributed by atoms with Crippen molar-refractivity contribution in [3.8, 4) is 0 Å². The molecule has 0 aliphatic heterocycles. The van der Waals surface area contributed by atoms with Gasteiger partial charge in [-0.2, -0.15) is 0 Å². The number of rotatable bonds is 6. The van der Waals surface area contributed by atoms with Gasteiger partial charge in [-0.3, -0.25) is 4.79 Å². The molecule has 0 aromatic heterocycles. The lowest BCUT2D eigenvalue weighted by atomic mass is 10.00. The molecule has 0 fully saturated rings. The van der Waals surface area contributed by atoms with E-state index in [0.29, 0.717) is 5.92 Å². The van der Waals surface area contributed by atoms with Crippen LogP contribution < -0.4 is 5.32 Å². The van der Waals surface area contributed by atoms with Crippen LogP contribution >= 0.6 is 0 Å². The lowest BCUT2D eigenvalue weighted by Gasteiger charge is -2.14. The van der Waals surface area contributed by atoms with Crippen molar-refractivity contribution in [3.05, 3.63) is 34.9 Å². The Hall–Kier alpha value is -1.15. The van der Waals surface area contributed by atoms with E-state index in [1.807, 2.05) is 13.0 Å². The van der Waals surface area contributed by atoms with Gasteiger partial charge in [0.05, 0.1) is 6.04 Å². The number of hydrogen-bond donors (Lipinski definition) is 1. The van der Waals surface area contributed by atoms with Crippen LogP contribution in [0.5, 0.6) is 0 Å². The van der Waals surface area contributed by atoms with Gasteiger partial charge in [-0.05, 0) is 62.3 Å². The van der Waals surface area contributed by atoms with E-state index in [9.17, 15) is 4.79 Å². The van der Waals surface area contributed by atoms with E-state index >= 15 is 0 Å². The molecule has 0 radical (unpaired) electrons. The van der Waals surface area contributed by atoms with Crippen molar-refractivity contribution in [2.45, 2.75) is 52.5 Å². The first-order chi connectivity index (χ1) is 9.08. The summed E-state index contributed by atoms with van der Waals surface area (Å²) >= 11 is 0. The van der Waals surface area contributed by atoms with E-state index < -0.39 is 0 Å². The summed E-state index contributed by atoms with van der Waals surface area (Å²) in [7, 11) is 0. The molecule has 0 bridgehead atoms. The Morgan fingerprint density at radius 3 is 2.68 bits per heavy atom. The highest BCUT2D eigenvalue weighted by atomic mass is 16.1. The maximum absolute atomic E-state index is 12.4. The SMILES string of the molecule is CC(C)CCNC(C)C(=O)c1ccc2c(c1)CCC2. The van der Waals surface area contributed by atoms with Gasteiger partial charge in [0.1, 0.15) is 0 Å². The minimum absolute atomic E-state index is 0.0850. The summed E-state index contributed by atoms with van der Waals surface area (Å²) in [5.41, 5.74) is 3.67. The average molecular weight is 259 g/mol. The largest absolute Gasteiger partial charge is 0.307 e. The minimum Gasteiger partial charge on any atom is -0.307 e. The first-order valence-electron chi connectivity index (χ1n) is 7.47.